The third-order valence-electron chi connectivity index (χ3n) is 4.55. The van der Waals surface area contributed by atoms with Crippen LogP contribution in [0.4, 0.5) is 0 Å². The Balaban J connectivity index is 1.63. The summed E-state index contributed by atoms with van der Waals surface area (Å²) in [6, 6.07) is 9.53. The Kier molecular flexibility index (Phi) is 4.43. The van der Waals surface area contributed by atoms with Gasteiger partial charge in [-0.15, -0.1) is 0 Å². The van der Waals surface area contributed by atoms with Crippen LogP contribution in [0.5, 0.6) is 0 Å². The molecule has 1 aliphatic rings. The van der Waals surface area contributed by atoms with Crippen molar-refractivity contribution in [2.75, 3.05) is 13.2 Å². The Morgan fingerprint density at radius 2 is 2.24 bits per heavy atom. The number of rotatable bonds is 5. The van der Waals surface area contributed by atoms with Crippen molar-refractivity contribution in [1.29, 1.82) is 0 Å². The minimum absolute atomic E-state index is 0.00801. The Bertz CT molecular complexity index is 856. The fourth-order valence-corrected chi connectivity index (χ4v) is 3.29. The highest BCUT2D eigenvalue weighted by atomic mass is 16.5. The van der Waals surface area contributed by atoms with Crippen LogP contribution in [0.3, 0.4) is 0 Å². The lowest BCUT2D eigenvalue weighted by Crippen LogP contribution is -2.37. The molecule has 0 radical (unpaired) electrons. The van der Waals surface area contributed by atoms with Crippen molar-refractivity contribution in [3.05, 3.63) is 60.0 Å². The van der Waals surface area contributed by atoms with Gasteiger partial charge in [-0.2, -0.15) is 5.10 Å². The second-order valence-corrected chi connectivity index (χ2v) is 6.32. The minimum Gasteiger partial charge on any atom is -0.376 e. The Morgan fingerprint density at radius 3 is 3.04 bits per heavy atom. The minimum atomic E-state index is -0.00801. The number of hydrogen-bond acceptors (Lipinski definition) is 4. The highest BCUT2D eigenvalue weighted by Gasteiger charge is 2.25. The Hall–Kier alpha value is -2.73. The molecule has 6 heteroatoms. The van der Waals surface area contributed by atoms with Gasteiger partial charge in [-0.1, -0.05) is 12.1 Å². The van der Waals surface area contributed by atoms with E-state index in [9.17, 15) is 4.79 Å². The van der Waals surface area contributed by atoms with E-state index in [2.05, 4.69) is 15.2 Å². The van der Waals surface area contributed by atoms with Crippen LogP contribution in [0.2, 0.25) is 0 Å². The first kappa shape index (κ1) is 15.8. The van der Waals surface area contributed by atoms with Crippen LogP contribution in [0.25, 0.3) is 10.9 Å². The molecule has 25 heavy (non-hydrogen) atoms. The monoisotopic (exact) mass is 336 g/mol. The van der Waals surface area contributed by atoms with Gasteiger partial charge in [0.25, 0.3) is 5.91 Å². The van der Waals surface area contributed by atoms with Crippen LogP contribution in [-0.4, -0.2) is 45.2 Å². The normalized spacial score (nSPS) is 17.0. The number of carbonyl (C=O) groups excluding carboxylic acids is 1. The van der Waals surface area contributed by atoms with Crippen molar-refractivity contribution in [3.63, 3.8) is 0 Å². The molecule has 4 rings (SSSR count). The summed E-state index contributed by atoms with van der Waals surface area (Å²) in [5, 5.41) is 7.83. The molecule has 1 saturated heterocycles. The van der Waals surface area contributed by atoms with Gasteiger partial charge in [0.2, 0.25) is 0 Å². The lowest BCUT2D eigenvalue weighted by atomic mass is 10.1. The molecule has 0 saturated carbocycles. The largest absolute Gasteiger partial charge is 0.376 e. The van der Waals surface area contributed by atoms with Gasteiger partial charge >= 0.3 is 0 Å². The van der Waals surface area contributed by atoms with E-state index in [1.165, 1.54) is 0 Å². The maximum atomic E-state index is 13.3. The molecule has 1 aliphatic heterocycles. The van der Waals surface area contributed by atoms with E-state index in [4.69, 9.17) is 4.74 Å². The molecule has 0 bridgehead atoms. The summed E-state index contributed by atoms with van der Waals surface area (Å²) in [6.45, 7) is 1.87. The van der Waals surface area contributed by atoms with E-state index in [-0.39, 0.29) is 12.0 Å². The average molecular weight is 336 g/mol. The van der Waals surface area contributed by atoms with Gasteiger partial charge in [-0.05, 0) is 36.6 Å². The number of pyridine rings is 1. The molecule has 3 aromatic rings. The summed E-state index contributed by atoms with van der Waals surface area (Å²) in [7, 11) is 0. The number of nitrogens with zero attached hydrogens (tertiary/aromatic N) is 3. The van der Waals surface area contributed by atoms with Crippen molar-refractivity contribution >= 4 is 16.8 Å². The molecule has 0 spiro atoms. The van der Waals surface area contributed by atoms with Gasteiger partial charge in [0.05, 0.1) is 23.4 Å². The molecule has 1 atom stereocenters. The molecule has 0 aliphatic carbocycles. The molecule has 128 valence electrons. The predicted octanol–water partition coefficient (Wildman–Crippen LogP) is 2.78. The van der Waals surface area contributed by atoms with E-state index in [1.807, 2.05) is 35.2 Å². The third kappa shape index (κ3) is 3.39. The summed E-state index contributed by atoms with van der Waals surface area (Å²) in [6.07, 6.45) is 7.39. The zero-order chi connectivity index (χ0) is 17.1. The van der Waals surface area contributed by atoms with Gasteiger partial charge in [-0.25, -0.2) is 0 Å². The number of aromatic amines is 1. The number of aromatic nitrogens is 3. The first-order valence-electron chi connectivity index (χ1n) is 8.53. The van der Waals surface area contributed by atoms with Gasteiger partial charge in [0, 0.05) is 37.5 Å². The van der Waals surface area contributed by atoms with Gasteiger partial charge in [0.15, 0.2) is 0 Å². The number of hydrogen-bond donors (Lipinski definition) is 1. The second kappa shape index (κ2) is 7.03. The van der Waals surface area contributed by atoms with Crippen LogP contribution in [-0.2, 0) is 11.3 Å². The zero-order valence-electron chi connectivity index (χ0n) is 13.9. The number of fused-ring (bicyclic) bond motifs is 1. The summed E-state index contributed by atoms with van der Waals surface area (Å²) >= 11 is 0. The van der Waals surface area contributed by atoms with Crippen molar-refractivity contribution in [2.24, 2.45) is 0 Å². The first-order valence-corrected chi connectivity index (χ1v) is 8.53. The highest BCUT2D eigenvalue weighted by molar-refractivity contribution is 6.06. The molecule has 1 fully saturated rings. The van der Waals surface area contributed by atoms with Crippen LogP contribution < -0.4 is 0 Å². The maximum absolute atomic E-state index is 13.3. The molecule has 1 aromatic carbocycles. The molecule has 1 unspecified atom stereocenters. The van der Waals surface area contributed by atoms with Gasteiger partial charge in [0.1, 0.15) is 0 Å². The van der Waals surface area contributed by atoms with E-state index in [0.717, 1.165) is 35.9 Å². The van der Waals surface area contributed by atoms with Crippen LogP contribution in [0, 0.1) is 0 Å². The number of amides is 1. The van der Waals surface area contributed by atoms with Gasteiger partial charge in [-0.3, -0.25) is 14.9 Å². The predicted molar refractivity (Wildman–Crippen MR) is 94.0 cm³/mol. The molecular weight excluding hydrogens is 316 g/mol. The Labute approximate surface area is 145 Å². The standard InChI is InChI=1S/C19H20N4O2/c24-19(16-6-1-7-18-17(16)11-21-22-18)23(13-15-5-3-9-25-15)12-14-4-2-8-20-10-14/h1-2,4,6-8,10-11,15H,3,5,9,12-13H2,(H,21,22). The average Bonchev–Trinajstić information content (AvgIpc) is 3.32. The first-order chi connectivity index (χ1) is 12.3. The van der Waals surface area contributed by atoms with Gasteiger partial charge < -0.3 is 9.64 Å². The summed E-state index contributed by atoms with van der Waals surface area (Å²) in [4.78, 5) is 19.3. The number of ether oxygens (including phenoxy) is 1. The maximum Gasteiger partial charge on any atom is 0.254 e. The fourth-order valence-electron chi connectivity index (χ4n) is 3.29. The quantitative estimate of drug-likeness (QED) is 0.778. The van der Waals surface area contributed by atoms with Crippen molar-refractivity contribution in [3.8, 4) is 0 Å². The van der Waals surface area contributed by atoms with Crippen LogP contribution in [0.15, 0.2) is 48.9 Å². The van der Waals surface area contributed by atoms with Crippen molar-refractivity contribution in [2.45, 2.75) is 25.5 Å². The number of benzene rings is 1. The molecule has 3 heterocycles. The van der Waals surface area contributed by atoms with E-state index >= 15 is 0 Å². The van der Waals surface area contributed by atoms with Crippen LogP contribution in [0.1, 0.15) is 28.8 Å². The lowest BCUT2D eigenvalue weighted by molar-refractivity contribution is 0.0508. The summed E-state index contributed by atoms with van der Waals surface area (Å²) in [5.41, 5.74) is 2.53. The van der Waals surface area contributed by atoms with Crippen molar-refractivity contribution in [1.82, 2.24) is 20.1 Å². The Morgan fingerprint density at radius 1 is 1.28 bits per heavy atom. The molecule has 1 N–H and O–H groups in total. The molecular formula is C19H20N4O2. The third-order valence-corrected chi connectivity index (χ3v) is 4.55. The summed E-state index contributed by atoms with van der Waals surface area (Å²) < 4.78 is 5.75. The van der Waals surface area contributed by atoms with Crippen molar-refractivity contribution < 1.29 is 9.53 Å². The van der Waals surface area contributed by atoms with Crippen LogP contribution >= 0.6 is 0 Å². The molecule has 2 aromatic heterocycles. The topological polar surface area (TPSA) is 71.1 Å². The summed E-state index contributed by atoms with van der Waals surface area (Å²) in [5.74, 6) is -0.00801. The number of nitrogens with one attached hydrogen (secondary N) is 1. The fraction of sp³-hybridized carbons (Fsp3) is 0.316. The molecule has 1 amide bonds. The second-order valence-electron chi connectivity index (χ2n) is 6.32. The van der Waals surface area contributed by atoms with E-state index < -0.39 is 0 Å². The lowest BCUT2D eigenvalue weighted by Gasteiger charge is -2.26. The van der Waals surface area contributed by atoms with E-state index in [0.29, 0.717) is 18.7 Å². The number of H-pyrrole nitrogens is 1. The smallest absolute Gasteiger partial charge is 0.254 e. The highest BCUT2D eigenvalue weighted by Crippen LogP contribution is 2.21. The number of carbonyl (C=O) groups is 1. The molecule has 6 nitrogen and oxygen atoms in total. The zero-order valence-corrected chi connectivity index (χ0v) is 13.9. The SMILES string of the molecule is O=C(c1cccc2[nH]ncc12)N(Cc1cccnc1)CC1CCCO1. The van der Waals surface area contributed by atoms with E-state index in [1.54, 1.807) is 18.6 Å².